The van der Waals surface area contributed by atoms with Crippen molar-refractivity contribution < 1.29 is 23.1 Å². The molecule has 0 bridgehead atoms. The lowest BCUT2D eigenvalue weighted by Gasteiger charge is -2.34. The van der Waals surface area contributed by atoms with Crippen molar-refractivity contribution in [2.24, 2.45) is 5.92 Å². The molecule has 0 saturated carbocycles. The van der Waals surface area contributed by atoms with E-state index in [-0.39, 0.29) is 12.5 Å². The highest BCUT2D eigenvalue weighted by atomic mass is 32.2. The van der Waals surface area contributed by atoms with Crippen LogP contribution in [0.2, 0.25) is 0 Å². The van der Waals surface area contributed by atoms with Crippen molar-refractivity contribution >= 4 is 23.5 Å². The maximum Gasteiger partial charge on any atom is 0.398 e. The van der Waals surface area contributed by atoms with Crippen LogP contribution in [0, 0.1) is 5.92 Å². The number of amides is 2. The summed E-state index contributed by atoms with van der Waals surface area (Å²) in [4.78, 5) is 14.1. The number of carbonyl (C=O) groups excluding carboxylic acids is 1. The number of para-hydroxylation sites is 1. The van der Waals surface area contributed by atoms with Crippen molar-refractivity contribution in [3.63, 3.8) is 0 Å². The van der Waals surface area contributed by atoms with Gasteiger partial charge in [0.1, 0.15) is 0 Å². The zero-order valence-electron chi connectivity index (χ0n) is 12.6. The molecule has 1 fully saturated rings. The van der Waals surface area contributed by atoms with Crippen molar-refractivity contribution in [1.29, 1.82) is 0 Å². The van der Waals surface area contributed by atoms with Crippen LogP contribution >= 0.6 is 11.8 Å². The molecule has 0 aromatic heterocycles. The summed E-state index contributed by atoms with van der Waals surface area (Å²) >= 11 is 0.636. The van der Waals surface area contributed by atoms with Crippen molar-refractivity contribution in [3.8, 4) is 0 Å². The van der Waals surface area contributed by atoms with Gasteiger partial charge in [0.05, 0.1) is 17.5 Å². The number of piperidine rings is 1. The topological polar surface area (TPSA) is 52.6 Å². The van der Waals surface area contributed by atoms with Gasteiger partial charge in [-0.1, -0.05) is 19.1 Å². The van der Waals surface area contributed by atoms with Crippen LogP contribution in [0.1, 0.15) is 13.3 Å². The number of anilines is 1. The fraction of sp³-hybridized carbons (Fsp3) is 0.533. The number of likely N-dealkylation sites (tertiary alicyclic amines) is 1. The lowest BCUT2D eigenvalue weighted by molar-refractivity contribution is -0.105. The van der Waals surface area contributed by atoms with Gasteiger partial charge >= 0.3 is 12.2 Å². The number of rotatable bonds is 3. The number of hydrogen-bond donors (Lipinski definition) is 2. The molecule has 1 aromatic carbocycles. The standard InChI is InChI=1S/C15H19F3N2O2S/c1-10-6-7-20(8-12(10)21)14(22)19-11-4-2-3-5-13(11)23-9-15(16,17)18/h2-5,10,12,21H,6-9H2,1H3,(H,19,22). The Labute approximate surface area is 137 Å². The summed E-state index contributed by atoms with van der Waals surface area (Å²) in [5, 5.41) is 12.5. The first-order valence-corrected chi connectivity index (χ1v) is 8.27. The Bertz CT molecular complexity index is 554. The largest absolute Gasteiger partial charge is 0.398 e. The van der Waals surface area contributed by atoms with Crippen molar-refractivity contribution in [2.45, 2.75) is 30.5 Å². The van der Waals surface area contributed by atoms with Gasteiger partial charge in [-0.05, 0) is 24.5 Å². The molecule has 2 N–H and O–H groups in total. The highest BCUT2D eigenvalue weighted by Crippen LogP contribution is 2.32. The molecule has 1 heterocycles. The predicted molar refractivity (Wildman–Crippen MR) is 83.6 cm³/mol. The SMILES string of the molecule is CC1CCN(C(=O)Nc2ccccc2SCC(F)(F)F)CC1O. The van der Waals surface area contributed by atoms with Crippen LogP contribution < -0.4 is 5.32 Å². The summed E-state index contributed by atoms with van der Waals surface area (Å²) in [7, 11) is 0. The number of nitrogens with zero attached hydrogens (tertiary/aromatic N) is 1. The lowest BCUT2D eigenvalue weighted by atomic mass is 9.96. The van der Waals surface area contributed by atoms with Crippen LogP contribution in [0.25, 0.3) is 0 Å². The van der Waals surface area contributed by atoms with Gasteiger partial charge in [0.25, 0.3) is 0 Å². The Morgan fingerprint density at radius 1 is 1.43 bits per heavy atom. The molecule has 23 heavy (non-hydrogen) atoms. The quantitative estimate of drug-likeness (QED) is 0.821. The van der Waals surface area contributed by atoms with E-state index in [0.29, 0.717) is 35.3 Å². The summed E-state index contributed by atoms with van der Waals surface area (Å²) in [6.45, 7) is 2.66. The molecule has 8 heteroatoms. The fourth-order valence-electron chi connectivity index (χ4n) is 2.28. The Morgan fingerprint density at radius 2 is 2.13 bits per heavy atom. The first-order chi connectivity index (χ1) is 10.8. The normalized spacial score (nSPS) is 22.0. The number of aliphatic hydroxyl groups is 1. The number of urea groups is 1. The van der Waals surface area contributed by atoms with Gasteiger partial charge in [-0.3, -0.25) is 0 Å². The second-order valence-electron chi connectivity index (χ2n) is 5.61. The van der Waals surface area contributed by atoms with E-state index in [0.717, 1.165) is 0 Å². The molecular formula is C15H19F3N2O2S. The number of thioether (sulfide) groups is 1. The van der Waals surface area contributed by atoms with E-state index in [1.165, 1.54) is 4.90 Å². The molecule has 2 unspecified atom stereocenters. The first kappa shape index (κ1) is 17.9. The van der Waals surface area contributed by atoms with E-state index in [4.69, 9.17) is 0 Å². The number of hydrogen-bond acceptors (Lipinski definition) is 3. The van der Waals surface area contributed by atoms with E-state index < -0.39 is 24.1 Å². The average molecular weight is 348 g/mol. The lowest BCUT2D eigenvalue weighted by Crippen LogP contribution is -2.47. The van der Waals surface area contributed by atoms with Crippen molar-refractivity contribution in [3.05, 3.63) is 24.3 Å². The van der Waals surface area contributed by atoms with Crippen molar-refractivity contribution in [1.82, 2.24) is 4.90 Å². The molecule has 2 atom stereocenters. The van der Waals surface area contributed by atoms with Gasteiger partial charge in [0.15, 0.2) is 0 Å². The molecule has 0 radical (unpaired) electrons. The van der Waals surface area contributed by atoms with Gasteiger partial charge in [0, 0.05) is 18.0 Å². The Balaban J connectivity index is 2.01. The molecule has 0 aliphatic carbocycles. The first-order valence-electron chi connectivity index (χ1n) is 7.29. The third-order valence-corrected chi connectivity index (χ3v) is 4.86. The molecule has 128 valence electrons. The maximum atomic E-state index is 12.4. The van der Waals surface area contributed by atoms with Gasteiger partial charge in [-0.15, -0.1) is 11.8 Å². The maximum absolute atomic E-state index is 12.4. The Kier molecular flexibility index (Phi) is 5.80. The second-order valence-corrected chi connectivity index (χ2v) is 6.63. The van der Waals surface area contributed by atoms with Crippen LogP contribution in [0.5, 0.6) is 0 Å². The van der Waals surface area contributed by atoms with Gasteiger partial charge < -0.3 is 15.3 Å². The number of alkyl halides is 3. The molecule has 1 saturated heterocycles. The second kappa shape index (κ2) is 7.44. The smallest absolute Gasteiger partial charge is 0.391 e. The van der Waals surface area contributed by atoms with E-state index in [2.05, 4.69) is 5.32 Å². The highest BCUT2D eigenvalue weighted by molar-refractivity contribution is 7.99. The fourth-order valence-corrected chi connectivity index (χ4v) is 3.05. The van der Waals surface area contributed by atoms with E-state index in [1.807, 2.05) is 6.92 Å². The zero-order chi connectivity index (χ0) is 17.0. The summed E-state index contributed by atoms with van der Waals surface area (Å²) in [6.07, 6.45) is -4.15. The van der Waals surface area contributed by atoms with Crippen LogP contribution in [0.15, 0.2) is 29.2 Å². The van der Waals surface area contributed by atoms with Crippen molar-refractivity contribution in [2.75, 3.05) is 24.2 Å². The minimum atomic E-state index is -4.27. The Morgan fingerprint density at radius 3 is 2.78 bits per heavy atom. The summed E-state index contributed by atoms with van der Waals surface area (Å²) in [5.74, 6) is -0.881. The molecule has 2 rings (SSSR count). The number of halogens is 3. The zero-order valence-corrected chi connectivity index (χ0v) is 13.5. The van der Waals surface area contributed by atoms with Gasteiger partial charge in [-0.25, -0.2) is 4.79 Å². The third-order valence-electron chi connectivity index (χ3n) is 3.73. The number of aliphatic hydroxyl groups excluding tert-OH is 1. The highest BCUT2D eigenvalue weighted by Gasteiger charge is 2.29. The summed E-state index contributed by atoms with van der Waals surface area (Å²) < 4.78 is 37.1. The summed E-state index contributed by atoms with van der Waals surface area (Å²) in [6, 6.07) is 5.98. The number of carbonyl (C=O) groups is 1. The van der Waals surface area contributed by atoms with Crippen LogP contribution in [-0.2, 0) is 0 Å². The van der Waals surface area contributed by atoms with Gasteiger partial charge in [0.2, 0.25) is 0 Å². The molecule has 2 amide bonds. The van der Waals surface area contributed by atoms with Crippen LogP contribution in [0.3, 0.4) is 0 Å². The number of nitrogens with one attached hydrogen (secondary N) is 1. The van der Waals surface area contributed by atoms with Gasteiger partial charge in [-0.2, -0.15) is 13.2 Å². The predicted octanol–water partition coefficient (Wildman–Crippen LogP) is 3.58. The van der Waals surface area contributed by atoms with Crippen LogP contribution in [0.4, 0.5) is 23.7 Å². The molecule has 1 aromatic rings. The Hall–Kier alpha value is -1.41. The summed E-state index contributed by atoms with van der Waals surface area (Å²) in [5.41, 5.74) is 0.347. The van der Waals surface area contributed by atoms with E-state index >= 15 is 0 Å². The third kappa shape index (κ3) is 5.31. The molecule has 4 nitrogen and oxygen atoms in total. The molecule has 0 spiro atoms. The monoisotopic (exact) mass is 348 g/mol. The van der Waals surface area contributed by atoms with Crippen LogP contribution in [-0.4, -0.2) is 47.2 Å². The van der Waals surface area contributed by atoms with E-state index in [1.54, 1.807) is 24.3 Å². The molecular weight excluding hydrogens is 329 g/mol. The number of benzene rings is 1. The number of β-amino-alcohol motifs (C(OH)–C–C–N with tert-alkyl or cyclic N) is 1. The van der Waals surface area contributed by atoms with E-state index in [9.17, 15) is 23.1 Å². The molecule has 1 aliphatic heterocycles. The minimum Gasteiger partial charge on any atom is -0.391 e. The average Bonchev–Trinajstić information content (AvgIpc) is 2.48. The minimum absolute atomic E-state index is 0.133. The molecule has 1 aliphatic rings.